The van der Waals surface area contributed by atoms with E-state index in [1.807, 2.05) is 49.4 Å². The number of nitrogens with one attached hydrogen (secondary N) is 2. The average molecular weight is 262 g/mol. The Labute approximate surface area is 114 Å². The van der Waals surface area contributed by atoms with Gasteiger partial charge >= 0.3 is 6.03 Å². The van der Waals surface area contributed by atoms with Crippen LogP contribution < -0.4 is 10.6 Å². The average Bonchev–Trinajstić information content (AvgIpc) is 2.42. The lowest BCUT2D eigenvalue weighted by atomic mass is 9.96. The summed E-state index contributed by atoms with van der Waals surface area (Å²) in [6.45, 7) is 4.38. The van der Waals surface area contributed by atoms with Crippen LogP contribution in [0.15, 0.2) is 42.5 Å². The van der Waals surface area contributed by atoms with Gasteiger partial charge in [0.25, 0.3) is 0 Å². The van der Waals surface area contributed by atoms with Crippen molar-refractivity contribution in [2.45, 2.75) is 25.9 Å². The van der Waals surface area contributed by atoms with Gasteiger partial charge in [0.1, 0.15) is 5.60 Å². The second kappa shape index (κ2) is 7.59. The van der Waals surface area contributed by atoms with E-state index in [2.05, 4.69) is 10.6 Å². The molecule has 1 aromatic rings. The lowest BCUT2D eigenvalue weighted by Crippen LogP contribution is -2.43. The van der Waals surface area contributed by atoms with Crippen molar-refractivity contribution >= 4 is 6.03 Å². The summed E-state index contributed by atoms with van der Waals surface area (Å²) in [6.07, 6.45) is 4.74. The zero-order valence-corrected chi connectivity index (χ0v) is 11.5. The molecule has 0 aliphatic heterocycles. The molecule has 3 N–H and O–H groups in total. The summed E-state index contributed by atoms with van der Waals surface area (Å²) in [7, 11) is 0. The highest BCUT2D eigenvalue weighted by Gasteiger charge is 2.23. The Morgan fingerprint density at radius 3 is 2.63 bits per heavy atom. The smallest absolute Gasteiger partial charge is 0.314 e. The Balaban J connectivity index is 2.37. The normalized spacial score (nSPS) is 14.1. The standard InChI is InChI=1S/C15H22N2O2/c1-3-4-8-11-16-14(18)17-12-15(2,19)13-9-6-5-7-10-13/h3-7,9-10,19H,8,11-12H2,1-2H3,(H2,16,17,18). The second-order valence-electron chi connectivity index (χ2n) is 4.61. The van der Waals surface area contributed by atoms with Crippen molar-refractivity contribution < 1.29 is 9.90 Å². The molecule has 0 aliphatic rings. The van der Waals surface area contributed by atoms with Crippen LogP contribution in [0.4, 0.5) is 4.79 Å². The van der Waals surface area contributed by atoms with Crippen LogP contribution >= 0.6 is 0 Å². The molecule has 0 heterocycles. The van der Waals surface area contributed by atoms with Crippen LogP contribution in [0.25, 0.3) is 0 Å². The largest absolute Gasteiger partial charge is 0.384 e. The van der Waals surface area contributed by atoms with Crippen LogP contribution in [-0.2, 0) is 5.60 Å². The van der Waals surface area contributed by atoms with E-state index in [1.54, 1.807) is 6.92 Å². The molecule has 1 aromatic carbocycles. The Kier molecular flexibility index (Phi) is 6.09. The number of carbonyl (C=O) groups is 1. The van der Waals surface area contributed by atoms with Crippen molar-refractivity contribution in [2.24, 2.45) is 0 Å². The Bertz CT molecular complexity index is 413. The maximum Gasteiger partial charge on any atom is 0.314 e. The molecule has 4 heteroatoms. The van der Waals surface area contributed by atoms with Crippen LogP contribution in [0.3, 0.4) is 0 Å². The summed E-state index contributed by atoms with van der Waals surface area (Å²) in [6, 6.07) is 9.03. The van der Waals surface area contributed by atoms with Gasteiger partial charge in [0.2, 0.25) is 0 Å². The van der Waals surface area contributed by atoms with Gasteiger partial charge in [-0.1, -0.05) is 42.5 Å². The lowest BCUT2D eigenvalue weighted by Gasteiger charge is -2.24. The molecule has 4 nitrogen and oxygen atoms in total. The van der Waals surface area contributed by atoms with E-state index in [1.165, 1.54) is 0 Å². The third kappa shape index (κ3) is 5.57. The van der Waals surface area contributed by atoms with Gasteiger partial charge in [-0.15, -0.1) is 0 Å². The number of benzene rings is 1. The minimum absolute atomic E-state index is 0.173. The van der Waals surface area contributed by atoms with Gasteiger partial charge in [0.05, 0.1) is 6.54 Å². The number of hydrogen-bond acceptors (Lipinski definition) is 2. The molecular weight excluding hydrogens is 240 g/mol. The van der Waals surface area contributed by atoms with Crippen molar-refractivity contribution in [3.05, 3.63) is 48.0 Å². The fourth-order valence-electron chi connectivity index (χ4n) is 1.65. The second-order valence-corrected chi connectivity index (χ2v) is 4.61. The highest BCUT2D eigenvalue weighted by molar-refractivity contribution is 5.73. The van der Waals surface area contributed by atoms with Crippen LogP contribution in [0.5, 0.6) is 0 Å². The van der Waals surface area contributed by atoms with Gasteiger partial charge in [-0.25, -0.2) is 4.79 Å². The first-order valence-corrected chi connectivity index (χ1v) is 6.47. The number of allylic oxidation sites excluding steroid dienone is 1. The van der Waals surface area contributed by atoms with Gasteiger partial charge in [-0.05, 0) is 25.8 Å². The van der Waals surface area contributed by atoms with Gasteiger partial charge in [-0.2, -0.15) is 0 Å². The number of urea groups is 1. The fourth-order valence-corrected chi connectivity index (χ4v) is 1.65. The summed E-state index contributed by atoms with van der Waals surface area (Å²) >= 11 is 0. The first-order chi connectivity index (χ1) is 9.06. The maximum atomic E-state index is 11.5. The third-order valence-corrected chi connectivity index (χ3v) is 2.82. The number of carbonyl (C=O) groups excluding carboxylic acids is 1. The topological polar surface area (TPSA) is 61.4 Å². The SMILES string of the molecule is CC=CCCNC(=O)NCC(C)(O)c1ccccc1. The van der Waals surface area contributed by atoms with Crippen molar-refractivity contribution in [3.8, 4) is 0 Å². The summed E-state index contributed by atoms with van der Waals surface area (Å²) in [5.74, 6) is 0. The molecule has 19 heavy (non-hydrogen) atoms. The zero-order valence-electron chi connectivity index (χ0n) is 11.5. The van der Waals surface area contributed by atoms with Crippen LogP contribution in [0, 0.1) is 0 Å². The van der Waals surface area contributed by atoms with E-state index in [0.717, 1.165) is 12.0 Å². The monoisotopic (exact) mass is 262 g/mol. The van der Waals surface area contributed by atoms with Crippen molar-refractivity contribution in [3.63, 3.8) is 0 Å². The molecule has 0 aromatic heterocycles. The quantitative estimate of drug-likeness (QED) is 0.543. The van der Waals surface area contributed by atoms with E-state index < -0.39 is 5.60 Å². The molecule has 0 saturated carbocycles. The minimum atomic E-state index is -1.07. The highest BCUT2D eigenvalue weighted by atomic mass is 16.3. The fraction of sp³-hybridized carbons (Fsp3) is 0.400. The third-order valence-electron chi connectivity index (χ3n) is 2.82. The van der Waals surface area contributed by atoms with Crippen LogP contribution in [0.1, 0.15) is 25.8 Å². The van der Waals surface area contributed by atoms with E-state index in [9.17, 15) is 9.90 Å². The van der Waals surface area contributed by atoms with Crippen molar-refractivity contribution in [2.75, 3.05) is 13.1 Å². The molecule has 0 saturated heterocycles. The molecule has 1 atom stereocenters. The summed E-state index contributed by atoms with van der Waals surface area (Å²) in [5.41, 5.74) is -0.286. The first-order valence-electron chi connectivity index (χ1n) is 6.47. The summed E-state index contributed by atoms with van der Waals surface area (Å²) in [4.78, 5) is 11.5. The Morgan fingerprint density at radius 2 is 2.00 bits per heavy atom. The lowest BCUT2D eigenvalue weighted by molar-refractivity contribution is 0.0594. The molecule has 2 amide bonds. The van der Waals surface area contributed by atoms with Crippen LogP contribution in [-0.4, -0.2) is 24.2 Å². The van der Waals surface area contributed by atoms with Crippen molar-refractivity contribution in [1.82, 2.24) is 10.6 Å². The minimum Gasteiger partial charge on any atom is -0.384 e. The predicted octanol–water partition coefficient (Wildman–Crippen LogP) is 2.16. The van der Waals surface area contributed by atoms with E-state index in [0.29, 0.717) is 6.54 Å². The van der Waals surface area contributed by atoms with E-state index in [4.69, 9.17) is 0 Å². The van der Waals surface area contributed by atoms with Gasteiger partial charge in [0, 0.05) is 6.54 Å². The van der Waals surface area contributed by atoms with Crippen molar-refractivity contribution in [1.29, 1.82) is 0 Å². The molecular formula is C15H22N2O2. The zero-order chi connectivity index (χ0) is 14.1. The molecule has 0 aliphatic carbocycles. The molecule has 1 unspecified atom stereocenters. The van der Waals surface area contributed by atoms with Crippen LogP contribution in [0.2, 0.25) is 0 Å². The molecule has 0 radical (unpaired) electrons. The van der Waals surface area contributed by atoms with E-state index >= 15 is 0 Å². The molecule has 0 fully saturated rings. The highest BCUT2D eigenvalue weighted by Crippen LogP contribution is 2.18. The Morgan fingerprint density at radius 1 is 1.32 bits per heavy atom. The number of rotatable bonds is 6. The first kappa shape index (κ1) is 15.2. The van der Waals surface area contributed by atoms with Gasteiger partial charge in [-0.3, -0.25) is 0 Å². The molecule has 104 valence electrons. The molecule has 0 bridgehead atoms. The summed E-state index contributed by atoms with van der Waals surface area (Å²) in [5, 5.41) is 15.7. The predicted molar refractivity (Wildman–Crippen MR) is 76.8 cm³/mol. The van der Waals surface area contributed by atoms with Gasteiger partial charge < -0.3 is 15.7 Å². The maximum absolute atomic E-state index is 11.5. The number of hydrogen-bond donors (Lipinski definition) is 3. The summed E-state index contributed by atoms with van der Waals surface area (Å²) < 4.78 is 0. The Hall–Kier alpha value is -1.81. The number of aliphatic hydroxyl groups is 1. The van der Waals surface area contributed by atoms with Gasteiger partial charge in [0.15, 0.2) is 0 Å². The number of amides is 2. The molecule has 0 spiro atoms. The molecule has 1 rings (SSSR count). The van der Waals surface area contributed by atoms with E-state index in [-0.39, 0.29) is 12.6 Å².